The van der Waals surface area contributed by atoms with Crippen LogP contribution in [0, 0.1) is 23.2 Å². The fourth-order valence-corrected chi connectivity index (χ4v) is 6.03. The van der Waals surface area contributed by atoms with Gasteiger partial charge in [0.2, 0.25) is 18.6 Å². The fourth-order valence-electron chi connectivity index (χ4n) is 6.03. The van der Waals surface area contributed by atoms with Gasteiger partial charge in [-0.15, -0.1) is 0 Å². The van der Waals surface area contributed by atoms with Crippen molar-refractivity contribution in [3.63, 3.8) is 0 Å². The van der Waals surface area contributed by atoms with Crippen LogP contribution in [0.3, 0.4) is 0 Å². The third-order valence-electron chi connectivity index (χ3n) is 6.90. The normalized spacial score (nSPS) is 33.6. The van der Waals surface area contributed by atoms with E-state index in [1.807, 2.05) is 0 Å². The van der Waals surface area contributed by atoms with Gasteiger partial charge >= 0.3 is 0 Å². The first-order chi connectivity index (χ1) is 13.0. The van der Waals surface area contributed by atoms with Gasteiger partial charge in [-0.2, -0.15) is 0 Å². The SMILES string of the molecule is C[C@H](NC(=O)C12CC3CC(CC(C3)C1)C2)C(=O)Nc1ccc2c(c1)OCO2. The molecule has 4 bridgehead atoms. The number of benzene rings is 1. The molecular weight excluding hydrogens is 344 g/mol. The number of amides is 2. The highest BCUT2D eigenvalue weighted by molar-refractivity contribution is 5.98. The Hall–Kier alpha value is -2.24. The quantitative estimate of drug-likeness (QED) is 0.854. The maximum Gasteiger partial charge on any atom is 0.246 e. The summed E-state index contributed by atoms with van der Waals surface area (Å²) in [4.78, 5) is 25.7. The molecule has 6 rings (SSSR count). The number of carbonyl (C=O) groups is 2. The van der Waals surface area contributed by atoms with Crippen molar-refractivity contribution < 1.29 is 19.1 Å². The van der Waals surface area contributed by atoms with E-state index in [9.17, 15) is 9.59 Å². The zero-order chi connectivity index (χ0) is 18.6. The molecule has 0 spiro atoms. The van der Waals surface area contributed by atoms with Gasteiger partial charge in [0.1, 0.15) is 6.04 Å². The lowest BCUT2D eigenvalue weighted by molar-refractivity contribution is -0.147. The van der Waals surface area contributed by atoms with Crippen LogP contribution >= 0.6 is 0 Å². The molecule has 1 aromatic rings. The summed E-state index contributed by atoms with van der Waals surface area (Å²) in [6.07, 6.45) is 6.90. The van der Waals surface area contributed by atoms with Gasteiger partial charge in [-0.05, 0) is 75.3 Å². The molecule has 6 heteroatoms. The summed E-state index contributed by atoms with van der Waals surface area (Å²) in [7, 11) is 0. The van der Waals surface area contributed by atoms with Crippen molar-refractivity contribution in [2.24, 2.45) is 23.2 Å². The second-order valence-electron chi connectivity index (χ2n) is 8.95. The monoisotopic (exact) mass is 370 g/mol. The van der Waals surface area contributed by atoms with E-state index >= 15 is 0 Å². The Morgan fingerprint density at radius 2 is 1.67 bits per heavy atom. The zero-order valence-electron chi connectivity index (χ0n) is 15.6. The minimum Gasteiger partial charge on any atom is -0.454 e. The number of hydrogen-bond acceptors (Lipinski definition) is 4. The van der Waals surface area contributed by atoms with E-state index in [0.717, 1.165) is 19.3 Å². The van der Waals surface area contributed by atoms with E-state index in [0.29, 0.717) is 34.9 Å². The minimum absolute atomic E-state index is 0.0786. The van der Waals surface area contributed by atoms with Crippen molar-refractivity contribution in [3.8, 4) is 11.5 Å². The molecule has 6 nitrogen and oxygen atoms in total. The number of anilines is 1. The van der Waals surface area contributed by atoms with E-state index in [1.165, 1.54) is 19.3 Å². The van der Waals surface area contributed by atoms with Crippen molar-refractivity contribution in [2.45, 2.75) is 51.5 Å². The summed E-state index contributed by atoms with van der Waals surface area (Å²) >= 11 is 0. The molecule has 144 valence electrons. The van der Waals surface area contributed by atoms with Gasteiger partial charge in [0.15, 0.2) is 11.5 Å². The van der Waals surface area contributed by atoms with Crippen LogP contribution in [0.25, 0.3) is 0 Å². The number of rotatable bonds is 4. The molecule has 0 aromatic heterocycles. The Morgan fingerprint density at radius 1 is 1.04 bits per heavy atom. The largest absolute Gasteiger partial charge is 0.454 e. The van der Waals surface area contributed by atoms with E-state index in [-0.39, 0.29) is 24.0 Å². The van der Waals surface area contributed by atoms with Crippen molar-refractivity contribution >= 4 is 17.5 Å². The van der Waals surface area contributed by atoms with Crippen molar-refractivity contribution in [2.75, 3.05) is 12.1 Å². The number of hydrogen-bond donors (Lipinski definition) is 2. The van der Waals surface area contributed by atoms with Crippen LogP contribution in [-0.2, 0) is 9.59 Å². The molecule has 4 fully saturated rings. The van der Waals surface area contributed by atoms with Gasteiger partial charge in [0.05, 0.1) is 0 Å². The van der Waals surface area contributed by atoms with E-state index < -0.39 is 6.04 Å². The first-order valence-corrected chi connectivity index (χ1v) is 10.0. The molecule has 4 aliphatic carbocycles. The predicted octanol–water partition coefficient (Wildman–Crippen LogP) is 3.07. The van der Waals surface area contributed by atoms with E-state index in [1.54, 1.807) is 25.1 Å². The van der Waals surface area contributed by atoms with Crippen LogP contribution in [0.2, 0.25) is 0 Å². The average molecular weight is 370 g/mol. The number of fused-ring (bicyclic) bond motifs is 1. The molecule has 5 aliphatic rings. The van der Waals surface area contributed by atoms with Gasteiger partial charge in [0, 0.05) is 17.2 Å². The van der Waals surface area contributed by atoms with Crippen LogP contribution in [0.4, 0.5) is 5.69 Å². The predicted molar refractivity (Wildman–Crippen MR) is 99.4 cm³/mol. The summed E-state index contributed by atoms with van der Waals surface area (Å²) in [6, 6.07) is 4.72. The molecule has 2 N–H and O–H groups in total. The van der Waals surface area contributed by atoms with Gasteiger partial charge < -0.3 is 20.1 Å². The van der Waals surface area contributed by atoms with Crippen molar-refractivity contribution in [3.05, 3.63) is 18.2 Å². The summed E-state index contributed by atoms with van der Waals surface area (Å²) in [5.74, 6) is 3.29. The Balaban J connectivity index is 1.23. The highest BCUT2D eigenvalue weighted by atomic mass is 16.7. The van der Waals surface area contributed by atoms with Crippen LogP contribution < -0.4 is 20.1 Å². The van der Waals surface area contributed by atoms with Crippen LogP contribution in [0.5, 0.6) is 11.5 Å². The lowest BCUT2D eigenvalue weighted by Crippen LogP contribution is -2.56. The summed E-state index contributed by atoms with van der Waals surface area (Å²) in [6.45, 7) is 1.95. The fraction of sp³-hybridized carbons (Fsp3) is 0.619. The summed E-state index contributed by atoms with van der Waals surface area (Å²) < 4.78 is 10.6. The smallest absolute Gasteiger partial charge is 0.246 e. The molecule has 1 aliphatic heterocycles. The van der Waals surface area contributed by atoms with Gasteiger partial charge in [0.25, 0.3) is 0 Å². The third-order valence-corrected chi connectivity index (χ3v) is 6.90. The zero-order valence-corrected chi connectivity index (χ0v) is 15.6. The Labute approximate surface area is 159 Å². The summed E-state index contributed by atoms with van der Waals surface area (Å²) in [5.41, 5.74) is 0.405. The minimum atomic E-state index is -0.573. The second-order valence-corrected chi connectivity index (χ2v) is 8.95. The number of carbonyl (C=O) groups excluding carboxylic acids is 2. The second kappa shape index (κ2) is 6.14. The Kier molecular flexibility index (Phi) is 3.85. The molecule has 27 heavy (non-hydrogen) atoms. The van der Waals surface area contributed by atoms with Gasteiger partial charge in [-0.25, -0.2) is 0 Å². The molecule has 1 heterocycles. The van der Waals surface area contributed by atoms with Gasteiger partial charge in [-0.3, -0.25) is 9.59 Å². The molecule has 4 saturated carbocycles. The van der Waals surface area contributed by atoms with Crippen LogP contribution in [-0.4, -0.2) is 24.6 Å². The van der Waals surface area contributed by atoms with E-state index in [4.69, 9.17) is 9.47 Å². The van der Waals surface area contributed by atoms with Crippen LogP contribution in [0.1, 0.15) is 45.4 Å². The molecular formula is C21H26N2O4. The molecule has 0 radical (unpaired) electrons. The maximum atomic E-state index is 13.1. The Bertz CT molecular complexity index is 755. The van der Waals surface area contributed by atoms with E-state index in [2.05, 4.69) is 10.6 Å². The number of ether oxygens (including phenoxy) is 2. The Morgan fingerprint density at radius 3 is 2.33 bits per heavy atom. The molecule has 1 aromatic carbocycles. The van der Waals surface area contributed by atoms with Crippen LogP contribution in [0.15, 0.2) is 18.2 Å². The lowest BCUT2D eigenvalue weighted by Gasteiger charge is -2.55. The summed E-state index contributed by atoms with van der Waals surface area (Å²) in [5, 5.41) is 5.86. The first kappa shape index (κ1) is 16.9. The average Bonchev–Trinajstić information content (AvgIpc) is 3.08. The highest BCUT2D eigenvalue weighted by Crippen LogP contribution is 2.60. The number of nitrogens with one attached hydrogen (secondary N) is 2. The van der Waals surface area contributed by atoms with Crippen molar-refractivity contribution in [1.82, 2.24) is 5.32 Å². The molecule has 0 saturated heterocycles. The first-order valence-electron chi connectivity index (χ1n) is 10.0. The molecule has 0 unspecified atom stereocenters. The maximum absolute atomic E-state index is 13.1. The molecule has 2 amide bonds. The highest BCUT2D eigenvalue weighted by Gasteiger charge is 2.54. The van der Waals surface area contributed by atoms with Crippen molar-refractivity contribution in [1.29, 1.82) is 0 Å². The molecule has 1 atom stereocenters. The topological polar surface area (TPSA) is 76.7 Å². The standard InChI is InChI=1S/C21H26N2O4/c1-12(19(24)23-16-2-3-17-18(7-16)27-11-26-17)22-20(25)21-8-13-4-14(9-21)6-15(5-13)10-21/h2-3,7,12-15H,4-6,8-11H2,1H3,(H,22,25)(H,23,24)/t12-,13?,14?,15?,21?/m0/s1. The van der Waals surface area contributed by atoms with Gasteiger partial charge in [-0.1, -0.05) is 0 Å². The third kappa shape index (κ3) is 2.95. The lowest BCUT2D eigenvalue weighted by atomic mass is 9.49.